The molecule has 0 radical (unpaired) electrons. The Balaban J connectivity index is 2.26. The van der Waals surface area contributed by atoms with Crippen molar-refractivity contribution in [2.45, 2.75) is 26.8 Å². The Labute approximate surface area is 157 Å². The maximum atomic E-state index is 11.5. The number of carbonyl (C=O) groups is 1. The van der Waals surface area contributed by atoms with Crippen LogP contribution in [0.4, 0.5) is 0 Å². The van der Waals surface area contributed by atoms with E-state index in [0.717, 1.165) is 22.3 Å². The molecule has 0 fully saturated rings. The molecular weight excluding hydrogens is 342 g/mol. The second-order valence-electron chi connectivity index (χ2n) is 6.86. The average Bonchev–Trinajstić information content (AvgIpc) is 2.65. The number of ether oxygens (including phenoxy) is 1. The Morgan fingerprint density at radius 2 is 1.81 bits per heavy atom. The first-order valence-electron chi connectivity index (χ1n) is 8.82. The molecule has 5 nitrogen and oxygen atoms in total. The lowest BCUT2D eigenvalue weighted by Crippen LogP contribution is -2.39. The molecule has 1 atom stereocenters. The lowest BCUT2D eigenvalue weighted by molar-refractivity contribution is -0.308. The van der Waals surface area contributed by atoms with E-state index >= 15 is 0 Å². The van der Waals surface area contributed by atoms with E-state index in [0.29, 0.717) is 16.7 Å². The standard InChI is InChI=1S/C22H23NO4/c1-13(2)21(22(24)25)23-18-12-20(15-6-8-16(26-4)9-7-15)27-19-10-5-14(3)11-17(18)19/h5-13,21H,1-4H3,(H,24,25)/p-1/t21-/m1/s1. The number of carboxylic acid groups (broad SMARTS) is 1. The Kier molecular flexibility index (Phi) is 5.31. The molecule has 0 saturated carbocycles. The fourth-order valence-corrected chi connectivity index (χ4v) is 2.91. The van der Waals surface area contributed by atoms with E-state index in [1.807, 2.05) is 63.2 Å². The molecule has 0 amide bonds. The largest absolute Gasteiger partial charge is 0.548 e. The Morgan fingerprint density at radius 3 is 2.41 bits per heavy atom. The summed E-state index contributed by atoms with van der Waals surface area (Å²) in [6.45, 7) is 5.60. The van der Waals surface area contributed by atoms with Gasteiger partial charge in [0.25, 0.3) is 0 Å². The second kappa shape index (κ2) is 7.66. The first-order chi connectivity index (χ1) is 12.9. The van der Waals surface area contributed by atoms with Crippen molar-refractivity contribution in [1.29, 1.82) is 0 Å². The molecule has 0 aliphatic heterocycles. The highest BCUT2D eigenvalue weighted by atomic mass is 16.5. The quantitative estimate of drug-likeness (QED) is 0.697. The van der Waals surface area contributed by atoms with Gasteiger partial charge in [0.2, 0.25) is 0 Å². The van der Waals surface area contributed by atoms with Gasteiger partial charge in [0.15, 0.2) is 0 Å². The van der Waals surface area contributed by atoms with Crippen molar-refractivity contribution in [2.75, 3.05) is 7.11 Å². The van der Waals surface area contributed by atoms with Crippen LogP contribution in [0.25, 0.3) is 22.3 Å². The number of nitrogens with zero attached hydrogens (tertiary/aromatic N) is 1. The molecule has 0 saturated heterocycles. The normalized spacial score (nSPS) is 13.1. The molecule has 2 aromatic carbocycles. The van der Waals surface area contributed by atoms with E-state index in [9.17, 15) is 9.90 Å². The summed E-state index contributed by atoms with van der Waals surface area (Å²) in [5.74, 6) is -0.0143. The zero-order valence-corrected chi connectivity index (χ0v) is 15.9. The van der Waals surface area contributed by atoms with Gasteiger partial charge in [-0.25, -0.2) is 0 Å². The summed E-state index contributed by atoms with van der Waals surface area (Å²) >= 11 is 0. The summed E-state index contributed by atoms with van der Waals surface area (Å²) in [5, 5.41) is 12.9. The van der Waals surface area contributed by atoms with Crippen LogP contribution >= 0.6 is 0 Å². The first-order valence-corrected chi connectivity index (χ1v) is 8.82. The van der Waals surface area contributed by atoms with E-state index in [-0.39, 0.29) is 5.92 Å². The molecule has 1 heterocycles. The fraction of sp³-hybridized carbons (Fsp3) is 0.273. The minimum Gasteiger partial charge on any atom is -0.548 e. The molecule has 3 rings (SSSR count). The molecule has 0 bridgehead atoms. The van der Waals surface area contributed by atoms with Gasteiger partial charge in [-0.2, -0.15) is 0 Å². The van der Waals surface area contributed by atoms with Crippen LogP contribution < -0.4 is 15.2 Å². The number of carbonyl (C=O) groups excluding carboxylic acids is 1. The van der Waals surface area contributed by atoms with Gasteiger partial charge in [-0.05, 0) is 49.2 Å². The van der Waals surface area contributed by atoms with E-state index < -0.39 is 12.0 Å². The number of carboxylic acids is 1. The van der Waals surface area contributed by atoms with Crippen molar-refractivity contribution in [3.05, 3.63) is 59.5 Å². The zero-order chi connectivity index (χ0) is 19.6. The number of hydrogen-bond donors (Lipinski definition) is 0. The molecule has 0 spiro atoms. The second-order valence-corrected chi connectivity index (χ2v) is 6.86. The van der Waals surface area contributed by atoms with Gasteiger partial charge in [-0.3, -0.25) is 4.99 Å². The van der Waals surface area contributed by atoms with Crippen molar-refractivity contribution in [3.8, 4) is 17.1 Å². The monoisotopic (exact) mass is 364 g/mol. The summed E-state index contributed by atoms with van der Waals surface area (Å²) in [7, 11) is 1.61. The van der Waals surface area contributed by atoms with Crippen molar-refractivity contribution in [2.24, 2.45) is 10.9 Å². The van der Waals surface area contributed by atoms with Crippen LogP contribution in [0.15, 0.2) is 57.9 Å². The summed E-state index contributed by atoms with van der Waals surface area (Å²) < 4.78 is 11.3. The number of fused-ring (bicyclic) bond motifs is 1. The van der Waals surface area contributed by atoms with Crippen molar-refractivity contribution < 1.29 is 19.1 Å². The molecular formula is C22H22NO4-. The number of aliphatic carboxylic acids is 1. The molecule has 140 valence electrons. The average molecular weight is 364 g/mol. The van der Waals surface area contributed by atoms with Crippen molar-refractivity contribution in [1.82, 2.24) is 0 Å². The predicted molar refractivity (Wildman–Crippen MR) is 102 cm³/mol. The van der Waals surface area contributed by atoms with Gasteiger partial charge in [0.05, 0.1) is 24.5 Å². The minimum absolute atomic E-state index is 0.184. The maximum Gasteiger partial charge on any atom is 0.136 e. The van der Waals surface area contributed by atoms with Crippen LogP contribution in [-0.2, 0) is 4.79 Å². The zero-order valence-electron chi connectivity index (χ0n) is 15.9. The molecule has 0 unspecified atom stereocenters. The van der Waals surface area contributed by atoms with Gasteiger partial charge < -0.3 is 19.1 Å². The van der Waals surface area contributed by atoms with E-state index in [4.69, 9.17) is 9.15 Å². The van der Waals surface area contributed by atoms with E-state index in [1.165, 1.54) is 0 Å². The Hall–Kier alpha value is -3.08. The number of aryl methyl sites for hydroxylation is 1. The lowest BCUT2D eigenvalue weighted by Gasteiger charge is -2.17. The van der Waals surface area contributed by atoms with Crippen LogP contribution in [0.1, 0.15) is 19.4 Å². The summed E-state index contributed by atoms with van der Waals surface area (Å²) in [6.07, 6.45) is 0. The summed E-state index contributed by atoms with van der Waals surface area (Å²) in [6, 6.07) is 14.1. The number of hydrogen-bond acceptors (Lipinski definition) is 5. The summed E-state index contributed by atoms with van der Waals surface area (Å²) in [5.41, 5.74) is 2.54. The van der Waals surface area contributed by atoms with E-state index in [1.54, 1.807) is 13.2 Å². The lowest BCUT2D eigenvalue weighted by atomic mass is 10.0. The smallest absolute Gasteiger partial charge is 0.136 e. The third-order valence-corrected chi connectivity index (χ3v) is 4.42. The van der Waals surface area contributed by atoms with Crippen LogP contribution in [0.5, 0.6) is 5.75 Å². The SMILES string of the molecule is COc1ccc(-c2cc(=N[C@@H](C(=O)[O-])C(C)C)c3cc(C)ccc3o2)cc1. The number of rotatable bonds is 5. The highest BCUT2D eigenvalue weighted by molar-refractivity contribution is 5.80. The summed E-state index contributed by atoms with van der Waals surface area (Å²) in [4.78, 5) is 16.0. The van der Waals surface area contributed by atoms with Gasteiger partial charge in [0, 0.05) is 17.0 Å². The number of methoxy groups -OCH3 is 1. The highest BCUT2D eigenvalue weighted by Crippen LogP contribution is 2.25. The molecule has 0 aliphatic carbocycles. The molecule has 0 N–H and O–H groups in total. The van der Waals surface area contributed by atoms with Gasteiger partial charge in [-0.15, -0.1) is 0 Å². The first kappa shape index (κ1) is 18.7. The third kappa shape index (κ3) is 4.03. The molecule has 1 aromatic heterocycles. The van der Waals surface area contributed by atoms with Gasteiger partial charge in [-0.1, -0.05) is 25.5 Å². The molecule has 27 heavy (non-hydrogen) atoms. The van der Waals surface area contributed by atoms with Crippen LogP contribution in [0.2, 0.25) is 0 Å². The van der Waals surface area contributed by atoms with Crippen LogP contribution in [-0.4, -0.2) is 19.1 Å². The van der Waals surface area contributed by atoms with E-state index in [2.05, 4.69) is 4.99 Å². The molecule has 5 heteroatoms. The molecule has 3 aromatic rings. The highest BCUT2D eigenvalue weighted by Gasteiger charge is 2.14. The topological polar surface area (TPSA) is 74.9 Å². The maximum absolute atomic E-state index is 11.5. The molecule has 0 aliphatic rings. The Morgan fingerprint density at radius 1 is 1.11 bits per heavy atom. The predicted octanol–water partition coefficient (Wildman–Crippen LogP) is 3.09. The van der Waals surface area contributed by atoms with Gasteiger partial charge in [0.1, 0.15) is 17.1 Å². The number of benzene rings is 2. The fourth-order valence-electron chi connectivity index (χ4n) is 2.91. The van der Waals surface area contributed by atoms with Crippen LogP contribution in [0.3, 0.4) is 0 Å². The van der Waals surface area contributed by atoms with Crippen LogP contribution in [0, 0.1) is 12.8 Å². The van der Waals surface area contributed by atoms with Crippen molar-refractivity contribution in [3.63, 3.8) is 0 Å². The third-order valence-electron chi connectivity index (χ3n) is 4.42. The minimum atomic E-state index is -1.18. The van der Waals surface area contributed by atoms with Gasteiger partial charge >= 0.3 is 0 Å². The van der Waals surface area contributed by atoms with Crippen molar-refractivity contribution >= 4 is 16.9 Å². The Bertz CT molecular complexity index is 1030.